The molecule has 0 aliphatic carbocycles. The van der Waals surface area contributed by atoms with E-state index in [2.05, 4.69) is 0 Å². The molecule has 0 radical (unpaired) electrons. The summed E-state index contributed by atoms with van der Waals surface area (Å²) in [5, 5.41) is -0.148. The van der Waals surface area contributed by atoms with Gasteiger partial charge in [-0.15, -0.1) is 0 Å². The van der Waals surface area contributed by atoms with Crippen molar-refractivity contribution in [1.29, 1.82) is 0 Å². The van der Waals surface area contributed by atoms with Crippen LogP contribution < -0.4 is 0 Å². The fourth-order valence-corrected chi connectivity index (χ4v) is 5.64. The molecule has 40 heavy (non-hydrogen) atoms. The Bertz CT molecular complexity index is 3180. The lowest BCUT2D eigenvalue weighted by Gasteiger charge is -2.19. The molecule has 9 rings (SSSR count). The number of furan rings is 2. The summed E-state index contributed by atoms with van der Waals surface area (Å²) >= 11 is 0. The molecular weight excluding hydrogens is 488 g/mol. The van der Waals surface area contributed by atoms with E-state index in [0.717, 1.165) is 5.39 Å². The topological polar surface area (TPSA) is 26.3 Å². The van der Waals surface area contributed by atoms with Crippen LogP contribution in [0.1, 0.15) is 20.6 Å². The molecule has 186 valence electrons. The van der Waals surface area contributed by atoms with E-state index in [0.29, 0.717) is 27.5 Å². The fourth-order valence-electron chi connectivity index (χ4n) is 5.64. The molecule has 0 spiro atoms. The average molecular weight is 526 g/mol. The average Bonchev–Trinajstić information content (AvgIpc) is 3.79. The molecule has 9 aromatic rings. The number of fused-ring (bicyclic) bond motifs is 7. The summed E-state index contributed by atoms with van der Waals surface area (Å²) < 4.78 is 146. The normalized spacial score (nSPS) is 17.2. The van der Waals surface area contributed by atoms with E-state index in [1.54, 1.807) is 30.3 Å². The number of benzene rings is 7. The molecule has 0 aliphatic rings. The maximum Gasteiger partial charge on any atom is 0.139 e. The van der Waals surface area contributed by atoms with E-state index >= 15 is 0 Å². The second kappa shape index (κ2) is 8.08. The van der Waals surface area contributed by atoms with Gasteiger partial charge in [-0.3, -0.25) is 0 Å². The van der Waals surface area contributed by atoms with Gasteiger partial charge in [-0.25, -0.2) is 0 Å². The van der Waals surface area contributed by atoms with Crippen molar-refractivity contribution < 1.29 is 29.4 Å². The van der Waals surface area contributed by atoms with Gasteiger partial charge in [0.15, 0.2) is 0 Å². The number of hydrogen-bond donors (Lipinski definition) is 0. The van der Waals surface area contributed by atoms with Crippen molar-refractivity contribution in [3.05, 3.63) is 133 Å². The van der Waals surface area contributed by atoms with Gasteiger partial charge in [0.05, 0.1) is 26.8 Å². The van der Waals surface area contributed by atoms with Gasteiger partial charge in [0.2, 0.25) is 0 Å². The monoisotopic (exact) mass is 525 g/mol. The van der Waals surface area contributed by atoms with Gasteiger partial charge >= 0.3 is 0 Å². The molecule has 0 atom stereocenters. The lowest BCUT2D eigenvalue weighted by Crippen LogP contribution is -1.92. The van der Waals surface area contributed by atoms with Gasteiger partial charge in [0, 0.05) is 22.2 Å². The zero-order valence-electron chi connectivity index (χ0n) is 35.4. The zero-order valence-corrected chi connectivity index (χ0v) is 20.4. The highest BCUT2D eigenvalue weighted by molar-refractivity contribution is 6.27. The molecule has 0 unspecified atom stereocenters. The van der Waals surface area contributed by atoms with Crippen LogP contribution in [-0.4, -0.2) is 0 Å². The molecule has 0 aliphatic heterocycles. The van der Waals surface area contributed by atoms with E-state index in [-0.39, 0.29) is 38.2 Å². The van der Waals surface area contributed by atoms with Gasteiger partial charge in [-0.2, -0.15) is 0 Å². The van der Waals surface area contributed by atoms with Gasteiger partial charge in [-0.05, 0) is 72.8 Å². The molecule has 2 heterocycles. The molecular formula is C38H22O2. The summed E-state index contributed by atoms with van der Waals surface area (Å²) in [5.41, 5.74) is 0.773. The van der Waals surface area contributed by atoms with Crippen LogP contribution >= 0.6 is 0 Å². The van der Waals surface area contributed by atoms with Gasteiger partial charge < -0.3 is 8.83 Å². The van der Waals surface area contributed by atoms with E-state index in [4.69, 9.17) is 22.5 Å². The quantitative estimate of drug-likeness (QED) is 0.210. The highest BCUT2D eigenvalue weighted by Gasteiger charge is 2.21. The predicted octanol–water partition coefficient (Wildman–Crippen LogP) is 11.1. The van der Waals surface area contributed by atoms with E-state index in [1.807, 2.05) is 6.07 Å². The molecule has 0 saturated heterocycles. The molecule has 2 heteroatoms. The molecule has 0 N–H and O–H groups in total. The molecule has 2 nitrogen and oxygen atoms in total. The van der Waals surface area contributed by atoms with Crippen molar-refractivity contribution in [1.82, 2.24) is 0 Å². The van der Waals surface area contributed by atoms with Crippen molar-refractivity contribution in [2.24, 2.45) is 0 Å². The molecule has 2 aromatic heterocycles. The summed E-state index contributed by atoms with van der Waals surface area (Å²) in [6, 6.07) is -0.109. The van der Waals surface area contributed by atoms with Crippen LogP contribution in [0.4, 0.5) is 0 Å². The molecule has 0 bridgehead atoms. The van der Waals surface area contributed by atoms with E-state index in [1.165, 1.54) is 6.26 Å². The third kappa shape index (κ3) is 2.93. The summed E-state index contributed by atoms with van der Waals surface area (Å²) in [6.07, 6.45) is 1.51. The minimum Gasteiger partial charge on any atom is -0.464 e. The maximum atomic E-state index is 9.37. The number of hydrogen-bond acceptors (Lipinski definition) is 2. The van der Waals surface area contributed by atoms with Gasteiger partial charge in [0.25, 0.3) is 0 Å². The predicted molar refractivity (Wildman–Crippen MR) is 167 cm³/mol. The van der Waals surface area contributed by atoms with Crippen molar-refractivity contribution in [3.8, 4) is 22.3 Å². The van der Waals surface area contributed by atoms with Crippen molar-refractivity contribution in [3.63, 3.8) is 0 Å². The van der Waals surface area contributed by atoms with Crippen LogP contribution in [0.2, 0.25) is 0 Å². The second-order valence-corrected chi connectivity index (χ2v) is 9.34. The molecule has 0 saturated carbocycles. The minimum absolute atomic E-state index is 0.00529. The Kier molecular flexibility index (Phi) is 2.39. The first-order chi connectivity index (χ1) is 26.1. The van der Waals surface area contributed by atoms with Crippen molar-refractivity contribution >= 4 is 65.2 Å². The van der Waals surface area contributed by atoms with Crippen LogP contribution in [0.15, 0.2) is 142 Å². The SMILES string of the molecule is [2H]c1c([2H])c([2H])c2c(-c3c4c([2H])c([2H])c([2H])c([2H])c4c(-c4cccc5oc6cc7occc7cc6c45)c4c([2H])c([2H])c([2H])c([2H])c34)c([2H])c([2H])c([2H])c2c1[2H]. The van der Waals surface area contributed by atoms with Crippen LogP contribution in [0, 0.1) is 0 Å². The summed E-state index contributed by atoms with van der Waals surface area (Å²) in [7, 11) is 0. The fraction of sp³-hybridized carbons (Fsp3) is 0. The first-order valence-corrected chi connectivity index (χ1v) is 12.4. The highest BCUT2D eigenvalue weighted by atomic mass is 16.3. The molecule has 7 aromatic carbocycles. The highest BCUT2D eigenvalue weighted by Crippen LogP contribution is 2.48. The van der Waals surface area contributed by atoms with Crippen molar-refractivity contribution in [2.45, 2.75) is 0 Å². The Balaban J connectivity index is 1.65. The van der Waals surface area contributed by atoms with Crippen LogP contribution in [0.25, 0.3) is 87.5 Å². The Morgan fingerprint density at radius 1 is 0.475 bits per heavy atom. The Hall–Kier alpha value is -5.34. The van der Waals surface area contributed by atoms with Crippen LogP contribution in [0.3, 0.4) is 0 Å². The van der Waals surface area contributed by atoms with Gasteiger partial charge in [0.1, 0.15) is 16.7 Å². The lowest BCUT2D eigenvalue weighted by atomic mass is 9.84. The minimum atomic E-state index is -0.764. The van der Waals surface area contributed by atoms with E-state index < -0.39 is 107 Å². The molecule has 0 fully saturated rings. The first-order valence-electron chi connectivity index (χ1n) is 19.9. The summed E-state index contributed by atoms with van der Waals surface area (Å²) in [5.74, 6) is 0. The van der Waals surface area contributed by atoms with E-state index in [9.17, 15) is 6.85 Å². The van der Waals surface area contributed by atoms with Crippen LogP contribution in [-0.2, 0) is 0 Å². The first kappa shape index (κ1) is 11.8. The molecule has 0 amide bonds. The Labute approximate surface area is 250 Å². The third-order valence-corrected chi connectivity index (χ3v) is 7.28. The summed E-state index contributed by atoms with van der Waals surface area (Å²) in [4.78, 5) is 0. The number of rotatable bonds is 2. The van der Waals surface area contributed by atoms with Gasteiger partial charge in [-0.1, -0.05) is 103 Å². The smallest absolute Gasteiger partial charge is 0.139 e. The Morgan fingerprint density at radius 2 is 1.12 bits per heavy atom. The zero-order chi connectivity index (χ0) is 39.3. The maximum absolute atomic E-state index is 9.37. The Morgan fingerprint density at radius 3 is 1.88 bits per heavy atom. The second-order valence-electron chi connectivity index (χ2n) is 9.34. The standard InChI is InChI=1S/C38H22O2/c1-2-11-25-23(9-1)10-7-16-26(25)36-27-12-3-5-14-29(27)37(30-15-6-4-13-28(30)36)31-17-8-18-33-38(31)32-21-24-19-20-39-34(24)22-35(32)40-33/h1-22H/i1D,2D,3D,4D,5D,6D,7D,9D,10D,11D,12D,13D,14D,15D,16D. The largest absolute Gasteiger partial charge is 0.464 e. The third-order valence-electron chi connectivity index (χ3n) is 7.28. The lowest BCUT2D eigenvalue weighted by molar-refractivity contribution is 0.613. The van der Waals surface area contributed by atoms with Crippen molar-refractivity contribution in [2.75, 3.05) is 0 Å². The summed E-state index contributed by atoms with van der Waals surface area (Å²) in [6.45, 7) is 0. The van der Waals surface area contributed by atoms with Crippen LogP contribution in [0.5, 0.6) is 0 Å².